The number of rotatable bonds is 1. The van der Waals surface area contributed by atoms with Crippen molar-refractivity contribution in [2.75, 3.05) is 13.1 Å². The number of aryl methyl sites for hydroxylation is 1. The van der Waals surface area contributed by atoms with Gasteiger partial charge in [0.2, 0.25) is 0 Å². The smallest absolute Gasteiger partial charge is 0.0953 e. The summed E-state index contributed by atoms with van der Waals surface area (Å²) < 4.78 is 5.85. The highest BCUT2D eigenvalue weighted by molar-refractivity contribution is 5.23. The van der Waals surface area contributed by atoms with Crippen LogP contribution in [0.1, 0.15) is 24.2 Å². The van der Waals surface area contributed by atoms with Gasteiger partial charge in [-0.1, -0.05) is 29.8 Å². The Labute approximate surface area is 85.3 Å². The van der Waals surface area contributed by atoms with Gasteiger partial charge < -0.3 is 10.1 Å². The van der Waals surface area contributed by atoms with Gasteiger partial charge in [-0.05, 0) is 19.4 Å². The Kier molecular flexibility index (Phi) is 2.85. The van der Waals surface area contributed by atoms with Crippen LogP contribution in [0.4, 0.5) is 0 Å². The SMILES string of the molecule is Cc1ccc([C@H]2CNC[C@@H](C)O2)cc1. The molecule has 1 aliphatic heterocycles. The van der Waals surface area contributed by atoms with Gasteiger partial charge in [0.15, 0.2) is 0 Å². The number of ether oxygens (including phenoxy) is 1. The van der Waals surface area contributed by atoms with Crippen LogP contribution in [0.2, 0.25) is 0 Å². The van der Waals surface area contributed by atoms with Crippen LogP contribution in [-0.4, -0.2) is 19.2 Å². The Morgan fingerprint density at radius 2 is 1.93 bits per heavy atom. The highest BCUT2D eigenvalue weighted by Gasteiger charge is 2.19. The van der Waals surface area contributed by atoms with Crippen LogP contribution in [0.5, 0.6) is 0 Å². The molecule has 0 unspecified atom stereocenters. The van der Waals surface area contributed by atoms with E-state index in [4.69, 9.17) is 4.74 Å². The lowest BCUT2D eigenvalue weighted by Crippen LogP contribution is -2.38. The summed E-state index contributed by atoms with van der Waals surface area (Å²) in [5.41, 5.74) is 2.57. The molecule has 2 atom stereocenters. The molecule has 1 N–H and O–H groups in total. The summed E-state index contributed by atoms with van der Waals surface area (Å²) in [4.78, 5) is 0. The molecule has 0 saturated carbocycles. The van der Waals surface area contributed by atoms with Crippen molar-refractivity contribution in [3.8, 4) is 0 Å². The lowest BCUT2D eigenvalue weighted by Gasteiger charge is -2.29. The van der Waals surface area contributed by atoms with E-state index in [-0.39, 0.29) is 6.10 Å². The van der Waals surface area contributed by atoms with Crippen molar-refractivity contribution < 1.29 is 4.74 Å². The first-order chi connectivity index (χ1) is 6.75. The highest BCUT2D eigenvalue weighted by atomic mass is 16.5. The summed E-state index contributed by atoms with van der Waals surface area (Å²) in [5.74, 6) is 0. The van der Waals surface area contributed by atoms with Crippen molar-refractivity contribution in [3.05, 3.63) is 35.4 Å². The van der Waals surface area contributed by atoms with Crippen LogP contribution in [0, 0.1) is 6.92 Å². The monoisotopic (exact) mass is 191 g/mol. The number of nitrogens with one attached hydrogen (secondary N) is 1. The van der Waals surface area contributed by atoms with E-state index < -0.39 is 0 Å². The third-order valence-corrected chi connectivity index (χ3v) is 2.61. The zero-order valence-electron chi connectivity index (χ0n) is 8.79. The van der Waals surface area contributed by atoms with Gasteiger partial charge >= 0.3 is 0 Å². The molecule has 0 bridgehead atoms. The van der Waals surface area contributed by atoms with Crippen molar-refractivity contribution in [2.45, 2.75) is 26.1 Å². The molecule has 2 nitrogen and oxygen atoms in total. The minimum Gasteiger partial charge on any atom is -0.368 e. The molecule has 2 rings (SSSR count). The van der Waals surface area contributed by atoms with E-state index in [9.17, 15) is 0 Å². The molecule has 0 radical (unpaired) electrons. The molecule has 1 aromatic carbocycles. The maximum atomic E-state index is 5.85. The largest absolute Gasteiger partial charge is 0.368 e. The molecule has 14 heavy (non-hydrogen) atoms. The minimum atomic E-state index is 0.222. The van der Waals surface area contributed by atoms with Gasteiger partial charge in [-0.2, -0.15) is 0 Å². The third-order valence-electron chi connectivity index (χ3n) is 2.61. The van der Waals surface area contributed by atoms with E-state index >= 15 is 0 Å². The van der Waals surface area contributed by atoms with E-state index in [0.717, 1.165) is 13.1 Å². The molecule has 1 aliphatic rings. The molecule has 0 aliphatic carbocycles. The first-order valence-electron chi connectivity index (χ1n) is 5.18. The fraction of sp³-hybridized carbons (Fsp3) is 0.500. The van der Waals surface area contributed by atoms with Gasteiger partial charge in [-0.3, -0.25) is 0 Å². The zero-order chi connectivity index (χ0) is 9.97. The van der Waals surface area contributed by atoms with Gasteiger partial charge in [-0.25, -0.2) is 0 Å². The first-order valence-corrected chi connectivity index (χ1v) is 5.18. The fourth-order valence-electron chi connectivity index (χ4n) is 1.77. The summed E-state index contributed by atoms with van der Waals surface area (Å²) in [6.07, 6.45) is 0.536. The Morgan fingerprint density at radius 1 is 1.21 bits per heavy atom. The molecular formula is C12H17NO. The molecule has 0 spiro atoms. The Bertz CT molecular complexity index is 294. The molecule has 2 heteroatoms. The second-order valence-corrected chi connectivity index (χ2v) is 4.00. The van der Waals surface area contributed by atoms with Gasteiger partial charge in [0.1, 0.15) is 0 Å². The fourth-order valence-corrected chi connectivity index (χ4v) is 1.77. The van der Waals surface area contributed by atoms with Gasteiger partial charge in [-0.15, -0.1) is 0 Å². The summed E-state index contributed by atoms with van der Waals surface area (Å²) in [7, 11) is 0. The summed E-state index contributed by atoms with van der Waals surface area (Å²) in [5, 5.41) is 3.37. The van der Waals surface area contributed by atoms with Crippen LogP contribution in [-0.2, 0) is 4.74 Å². The zero-order valence-corrected chi connectivity index (χ0v) is 8.79. The Hall–Kier alpha value is -0.860. The molecule has 1 saturated heterocycles. The van der Waals surface area contributed by atoms with Gasteiger partial charge in [0.25, 0.3) is 0 Å². The van der Waals surface area contributed by atoms with E-state index in [1.807, 2.05) is 0 Å². The number of benzene rings is 1. The quantitative estimate of drug-likeness (QED) is 0.733. The summed E-state index contributed by atoms with van der Waals surface area (Å²) >= 11 is 0. The summed E-state index contributed by atoms with van der Waals surface area (Å²) in [6, 6.07) is 8.58. The number of hydrogen-bond donors (Lipinski definition) is 1. The van der Waals surface area contributed by atoms with Crippen molar-refractivity contribution >= 4 is 0 Å². The molecule has 1 heterocycles. The maximum Gasteiger partial charge on any atom is 0.0953 e. The van der Waals surface area contributed by atoms with Gasteiger partial charge in [0.05, 0.1) is 12.2 Å². The van der Waals surface area contributed by atoms with Crippen molar-refractivity contribution in [1.82, 2.24) is 5.32 Å². The van der Waals surface area contributed by atoms with Crippen molar-refractivity contribution in [2.24, 2.45) is 0 Å². The van der Waals surface area contributed by atoms with Crippen LogP contribution in [0.3, 0.4) is 0 Å². The lowest BCUT2D eigenvalue weighted by molar-refractivity contribution is -0.0287. The van der Waals surface area contributed by atoms with Crippen LogP contribution >= 0.6 is 0 Å². The third kappa shape index (κ3) is 2.14. The van der Waals surface area contributed by atoms with Crippen LogP contribution in [0.25, 0.3) is 0 Å². The number of morpholine rings is 1. The predicted molar refractivity (Wildman–Crippen MR) is 57.3 cm³/mol. The average molecular weight is 191 g/mol. The van der Waals surface area contributed by atoms with Gasteiger partial charge in [0, 0.05) is 13.1 Å². The standard InChI is InChI=1S/C12H17NO/c1-9-3-5-11(6-4-9)12-8-13-7-10(2)14-12/h3-6,10,12-13H,7-8H2,1-2H3/t10-,12-/m1/s1. The lowest BCUT2D eigenvalue weighted by atomic mass is 10.1. The van der Waals surface area contributed by atoms with E-state index in [0.29, 0.717) is 6.10 Å². The Balaban J connectivity index is 2.10. The Morgan fingerprint density at radius 3 is 2.57 bits per heavy atom. The molecular weight excluding hydrogens is 174 g/mol. The number of hydrogen-bond acceptors (Lipinski definition) is 2. The molecule has 0 aromatic heterocycles. The first kappa shape index (κ1) is 9.69. The molecule has 0 amide bonds. The van der Waals surface area contributed by atoms with Crippen LogP contribution < -0.4 is 5.32 Å². The van der Waals surface area contributed by atoms with E-state index in [2.05, 4.69) is 43.4 Å². The summed E-state index contributed by atoms with van der Waals surface area (Å²) in [6.45, 7) is 6.09. The second-order valence-electron chi connectivity index (χ2n) is 4.00. The minimum absolute atomic E-state index is 0.222. The molecule has 1 aromatic rings. The highest BCUT2D eigenvalue weighted by Crippen LogP contribution is 2.21. The normalized spacial score (nSPS) is 27.6. The van der Waals surface area contributed by atoms with E-state index in [1.165, 1.54) is 11.1 Å². The average Bonchev–Trinajstić information content (AvgIpc) is 2.19. The molecule has 1 fully saturated rings. The second kappa shape index (κ2) is 4.11. The maximum absolute atomic E-state index is 5.85. The van der Waals surface area contributed by atoms with Crippen molar-refractivity contribution in [1.29, 1.82) is 0 Å². The molecule has 76 valence electrons. The van der Waals surface area contributed by atoms with E-state index in [1.54, 1.807) is 0 Å². The predicted octanol–water partition coefficient (Wildman–Crippen LogP) is 2.04. The topological polar surface area (TPSA) is 21.3 Å². The van der Waals surface area contributed by atoms with Crippen LogP contribution in [0.15, 0.2) is 24.3 Å². The van der Waals surface area contributed by atoms with Crippen molar-refractivity contribution in [3.63, 3.8) is 0 Å².